The lowest BCUT2D eigenvalue weighted by Crippen LogP contribution is -2.20. The number of nitrogens with zero attached hydrogens (tertiary/aromatic N) is 4. The third-order valence-corrected chi connectivity index (χ3v) is 7.21. The molecule has 0 radical (unpaired) electrons. The van der Waals surface area contributed by atoms with Crippen LogP contribution in [0.3, 0.4) is 0 Å². The number of nitrogens with one attached hydrogen (secondary N) is 1. The van der Waals surface area contributed by atoms with Gasteiger partial charge in [0, 0.05) is 29.2 Å². The molecule has 2 aromatic heterocycles. The van der Waals surface area contributed by atoms with Crippen molar-refractivity contribution in [3.8, 4) is 11.1 Å². The van der Waals surface area contributed by atoms with Gasteiger partial charge in [0.05, 0.1) is 10.4 Å². The second-order valence-electron chi connectivity index (χ2n) is 8.85. The zero-order chi connectivity index (χ0) is 24.3. The van der Waals surface area contributed by atoms with E-state index in [0.717, 1.165) is 47.1 Å². The van der Waals surface area contributed by atoms with Gasteiger partial charge >= 0.3 is 0 Å². The monoisotopic (exact) mass is 488 g/mol. The lowest BCUT2D eigenvalue weighted by molar-refractivity contribution is 0.333. The Labute approximate surface area is 205 Å². The van der Waals surface area contributed by atoms with Gasteiger partial charge in [0.25, 0.3) is 0 Å². The van der Waals surface area contributed by atoms with E-state index in [1.807, 2.05) is 18.3 Å². The standard InChI is InChI=1S/C26H28N6O2S/c27-35(33,34)24-9-7-22(8-10-24)30-26-29-18-21-6-5-19(17-25(21)31-26)20-11-12-28-23(16-20)4-3-15-32-13-1-2-14-32/h5-12,16-18H,1-4,13-15H2,(H2,27,33,34)(H,29,30,31). The fourth-order valence-electron chi connectivity index (χ4n) is 4.40. The molecule has 3 N–H and O–H groups in total. The smallest absolute Gasteiger partial charge is 0.238 e. The van der Waals surface area contributed by atoms with Gasteiger partial charge in [0.1, 0.15) is 0 Å². The van der Waals surface area contributed by atoms with Gasteiger partial charge in [-0.2, -0.15) is 0 Å². The Morgan fingerprint density at radius 3 is 2.49 bits per heavy atom. The van der Waals surface area contributed by atoms with Crippen LogP contribution in [0.5, 0.6) is 0 Å². The molecular weight excluding hydrogens is 460 g/mol. The van der Waals surface area contributed by atoms with Crippen LogP contribution in [0.1, 0.15) is 25.0 Å². The summed E-state index contributed by atoms with van der Waals surface area (Å²) in [5.74, 6) is 0.426. The number of primary sulfonamides is 1. The van der Waals surface area contributed by atoms with Crippen molar-refractivity contribution < 1.29 is 8.42 Å². The number of hydrogen-bond acceptors (Lipinski definition) is 7. The summed E-state index contributed by atoms with van der Waals surface area (Å²) >= 11 is 0. The molecule has 35 heavy (non-hydrogen) atoms. The predicted octanol–water partition coefficient (Wildman–Crippen LogP) is 4.11. The van der Waals surface area contributed by atoms with Crippen molar-refractivity contribution in [3.63, 3.8) is 0 Å². The van der Waals surface area contributed by atoms with E-state index < -0.39 is 10.0 Å². The SMILES string of the molecule is NS(=O)(=O)c1ccc(Nc2ncc3ccc(-c4ccnc(CCCN5CCCC5)c4)cc3n2)cc1. The van der Waals surface area contributed by atoms with Crippen LogP contribution < -0.4 is 10.5 Å². The Morgan fingerprint density at radius 2 is 1.71 bits per heavy atom. The molecule has 2 aromatic carbocycles. The highest BCUT2D eigenvalue weighted by Gasteiger charge is 2.11. The summed E-state index contributed by atoms with van der Waals surface area (Å²) < 4.78 is 22.9. The zero-order valence-electron chi connectivity index (χ0n) is 19.4. The van der Waals surface area contributed by atoms with Crippen LogP contribution in [-0.2, 0) is 16.4 Å². The topological polar surface area (TPSA) is 114 Å². The number of sulfonamides is 1. The molecule has 0 aliphatic carbocycles. The molecule has 8 nitrogen and oxygen atoms in total. The normalized spacial score (nSPS) is 14.4. The highest BCUT2D eigenvalue weighted by molar-refractivity contribution is 7.89. The summed E-state index contributed by atoms with van der Waals surface area (Å²) in [5, 5.41) is 9.22. The molecule has 4 aromatic rings. The Bertz CT molecular complexity index is 1430. The molecule has 9 heteroatoms. The Morgan fingerprint density at radius 1 is 0.943 bits per heavy atom. The highest BCUT2D eigenvalue weighted by Crippen LogP contribution is 2.25. The lowest BCUT2D eigenvalue weighted by atomic mass is 10.0. The minimum atomic E-state index is -3.73. The van der Waals surface area contributed by atoms with Crippen LogP contribution in [0.2, 0.25) is 0 Å². The van der Waals surface area contributed by atoms with Crippen molar-refractivity contribution in [1.29, 1.82) is 0 Å². The summed E-state index contributed by atoms with van der Waals surface area (Å²) in [5.41, 5.74) is 4.77. The van der Waals surface area contributed by atoms with E-state index in [1.165, 1.54) is 38.1 Å². The second kappa shape index (κ2) is 10.1. The molecule has 0 saturated carbocycles. The van der Waals surface area contributed by atoms with Gasteiger partial charge in [-0.3, -0.25) is 4.98 Å². The molecule has 180 valence electrons. The number of aromatic nitrogens is 3. The molecule has 1 saturated heterocycles. The molecule has 1 aliphatic rings. The molecule has 5 rings (SSSR count). The van der Waals surface area contributed by atoms with E-state index in [1.54, 1.807) is 18.3 Å². The van der Waals surface area contributed by atoms with Crippen LogP contribution >= 0.6 is 0 Å². The third kappa shape index (κ3) is 5.82. The van der Waals surface area contributed by atoms with Crippen LogP contribution in [0.25, 0.3) is 22.0 Å². The molecule has 0 atom stereocenters. The quantitative estimate of drug-likeness (QED) is 0.384. The maximum Gasteiger partial charge on any atom is 0.238 e. The van der Waals surface area contributed by atoms with E-state index in [0.29, 0.717) is 11.6 Å². The Kier molecular flexibility index (Phi) is 6.72. The Hall–Kier alpha value is -3.40. The van der Waals surface area contributed by atoms with E-state index in [2.05, 4.69) is 43.4 Å². The van der Waals surface area contributed by atoms with Crippen molar-refractivity contribution in [2.24, 2.45) is 5.14 Å². The summed E-state index contributed by atoms with van der Waals surface area (Å²) in [6.45, 7) is 3.59. The Balaban J connectivity index is 1.31. The van der Waals surface area contributed by atoms with Crippen LogP contribution in [-0.4, -0.2) is 47.9 Å². The van der Waals surface area contributed by atoms with Gasteiger partial charge in [-0.25, -0.2) is 23.5 Å². The molecule has 1 fully saturated rings. The maximum atomic E-state index is 11.5. The fraction of sp³-hybridized carbons (Fsp3) is 0.269. The molecule has 0 spiro atoms. The summed E-state index contributed by atoms with van der Waals surface area (Å²) in [4.78, 5) is 16.2. The van der Waals surface area contributed by atoms with Gasteiger partial charge in [-0.15, -0.1) is 0 Å². The third-order valence-electron chi connectivity index (χ3n) is 6.28. The maximum absolute atomic E-state index is 11.5. The van der Waals surface area contributed by atoms with Gasteiger partial charge in [-0.05, 0) is 98.9 Å². The first-order valence-electron chi connectivity index (χ1n) is 11.8. The van der Waals surface area contributed by atoms with Gasteiger partial charge in [0.15, 0.2) is 0 Å². The molecule has 3 heterocycles. The summed E-state index contributed by atoms with van der Waals surface area (Å²) in [6.07, 6.45) is 8.38. The number of aryl methyl sites for hydroxylation is 1. The number of likely N-dealkylation sites (tertiary alicyclic amines) is 1. The number of pyridine rings is 1. The van der Waals surface area contributed by atoms with Crippen LogP contribution in [0.15, 0.2) is 71.9 Å². The molecular formula is C26H28N6O2S. The largest absolute Gasteiger partial charge is 0.324 e. The van der Waals surface area contributed by atoms with E-state index in [4.69, 9.17) is 5.14 Å². The van der Waals surface area contributed by atoms with Crippen molar-refractivity contribution in [1.82, 2.24) is 19.9 Å². The molecule has 1 aliphatic heterocycles. The minimum absolute atomic E-state index is 0.0555. The summed E-state index contributed by atoms with van der Waals surface area (Å²) in [6, 6.07) is 16.5. The van der Waals surface area contributed by atoms with Gasteiger partial charge < -0.3 is 10.2 Å². The fourth-order valence-corrected chi connectivity index (χ4v) is 4.92. The van der Waals surface area contributed by atoms with E-state index >= 15 is 0 Å². The highest BCUT2D eigenvalue weighted by atomic mass is 32.2. The first kappa shape index (κ1) is 23.3. The van der Waals surface area contributed by atoms with Crippen molar-refractivity contribution >= 4 is 32.6 Å². The number of anilines is 2. The van der Waals surface area contributed by atoms with E-state index in [9.17, 15) is 8.42 Å². The minimum Gasteiger partial charge on any atom is -0.324 e. The van der Waals surface area contributed by atoms with Crippen LogP contribution in [0.4, 0.5) is 11.6 Å². The zero-order valence-corrected chi connectivity index (χ0v) is 20.2. The summed E-state index contributed by atoms with van der Waals surface area (Å²) in [7, 11) is -3.73. The molecule has 0 amide bonds. The number of fused-ring (bicyclic) bond motifs is 1. The number of hydrogen-bond donors (Lipinski definition) is 2. The average Bonchev–Trinajstić information content (AvgIpc) is 3.37. The van der Waals surface area contributed by atoms with E-state index in [-0.39, 0.29) is 4.90 Å². The predicted molar refractivity (Wildman–Crippen MR) is 138 cm³/mol. The average molecular weight is 489 g/mol. The van der Waals surface area contributed by atoms with Crippen LogP contribution in [0, 0.1) is 0 Å². The first-order chi connectivity index (χ1) is 16.9. The molecule has 0 unspecified atom stereocenters. The molecule has 0 bridgehead atoms. The second-order valence-corrected chi connectivity index (χ2v) is 10.4. The number of benzene rings is 2. The first-order valence-corrected chi connectivity index (χ1v) is 13.3. The lowest BCUT2D eigenvalue weighted by Gasteiger charge is -2.14. The van der Waals surface area contributed by atoms with Crippen molar-refractivity contribution in [2.75, 3.05) is 25.0 Å². The number of nitrogens with two attached hydrogens (primary N) is 1. The van der Waals surface area contributed by atoms with Crippen molar-refractivity contribution in [2.45, 2.75) is 30.6 Å². The number of rotatable bonds is 8. The van der Waals surface area contributed by atoms with Crippen molar-refractivity contribution in [3.05, 3.63) is 72.7 Å². The van der Waals surface area contributed by atoms with Gasteiger partial charge in [-0.1, -0.05) is 12.1 Å². The van der Waals surface area contributed by atoms with Gasteiger partial charge in [0.2, 0.25) is 16.0 Å².